The van der Waals surface area contributed by atoms with E-state index in [2.05, 4.69) is 15.3 Å². The van der Waals surface area contributed by atoms with Gasteiger partial charge in [0.1, 0.15) is 12.1 Å². The SMILES string of the molecule is CCNc1ncnc(Oc2cccc(F)c2F)c1CC. The summed E-state index contributed by atoms with van der Waals surface area (Å²) >= 11 is 0. The first-order valence-corrected chi connectivity index (χ1v) is 6.37. The fourth-order valence-corrected chi connectivity index (χ4v) is 1.79. The number of ether oxygens (including phenoxy) is 1. The van der Waals surface area contributed by atoms with Crippen molar-refractivity contribution in [2.45, 2.75) is 20.3 Å². The maximum atomic E-state index is 13.6. The number of rotatable bonds is 5. The van der Waals surface area contributed by atoms with Crippen molar-refractivity contribution in [1.82, 2.24) is 9.97 Å². The molecule has 0 unspecified atom stereocenters. The van der Waals surface area contributed by atoms with Gasteiger partial charge in [0.2, 0.25) is 11.7 Å². The molecule has 106 valence electrons. The van der Waals surface area contributed by atoms with E-state index >= 15 is 0 Å². The molecule has 1 aromatic heterocycles. The molecule has 0 fully saturated rings. The van der Waals surface area contributed by atoms with Crippen LogP contribution in [-0.4, -0.2) is 16.5 Å². The molecule has 6 heteroatoms. The Labute approximate surface area is 115 Å². The first-order valence-electron chi connectivity index (χ1n) is 6.37. The average molecular weight is 279 g/mol. The standard InChI is InChI=1S/C14H15F2N3O/c1-3-9-13(17-4-2)18-8-19-14(9)20-11-7-5-6-10(15)12(11)16/h5-8H,3-4H2,1-2H3,(H,17,18,19). The van der Waals surface area contributed by atoms with Gasteiger partial charge in [-0.15, -0.1) is 0 Å². The lowest BCUT2D eigenvalue weighted by atomic mass is 10.2. The van der Waals surface area contributed by atoms with E-state index in [1.165, 1.54) is 18.5 Å². The van der Waals surface area contributed by atoms with Crippen molar-refractivity contribution in [3.05, 3.63) is 41.7 Å². The summed E-state index contributed by atoms with van der Waals surface area (Å²) < 4.78 is 32.2. The minimum Gasteiger partial charge on any atom is -0.435 e. The van der Waals surface area contributed by atoms with Crippen LogP contribution in [0.3, 0.4) is 0 Å². The van der Waals surface area contributed by atoms with Crippen molar-refractivity contribution in [2.75, 3.05) is 11.9 Å². The van der Waals surface area contributed by atoms with Crippen molar-refractivity contribution in [1.29, 1.82) is 0 Å². The van der Waals surface area contributed by atoms with Crippen molar-refractivity contribution in [3.63, 3.8) is 0 Å². The van der Waals surface area contributed by atoms with Gasteiger partial charge in [0.15, 0.2) is 11.6 Å². The Bertz CT molecular complexity index is 605. The van der Waals surface area contributed by atoms with Crippen LogP contribution in [0.2, 0.25) is 0 Å². The molecule has 0 aliphatic rings. The number of aromatic nitrogens is 2. The number of nitrogens with zero attached hydrogens (tertiary/aromatic N) is 2. The van der Waals surface area contributed by atoms with Crippen LogP contribution in [0.4, 0.5) is 14.6 Å². The molecule has 0 atom stereocenters. The number of anilines is 1. The summed E-state index contributed by atoms with van der Waals surface area (Å²) in [5, 5.41) is 3.08. The molecule has 0 saturated heterocycles. The van der Waals surface area contributed by atoms with E-state index in [0.717, 1.165) is 11.6 Å². The number of benzene rings is 1. The average Bonchev–Trinajstić information content (AvgIpc) is 2.44. The van der Waals surface area contributed by atoms with Crippen molar-refractivity contribution < 1.29 is 13.5 Å². The van der Waals surface area contributed by atoms with E-state index < -0.39 is 11.6 Å². The van der Waals surface area contributed by atoms with Crippen LogP contribution >= 0.6 is 0 Å². The number of nitrogens with one attached hydrogen (secondary N) is 1. The lowest BCUT2D eigenvalue weighted by Crippen LogP contribution is -2.06. The normalized spacial score (nSPS) is 10.4. The minimum atomic E-state index is -1.03. The van der Waals surface area contributed by atoms with Gasteiger partial charge in [-0.25, -0.2) is 14.4 Å². The highest BCUT2D eigenvalue weighted by molar-refractivity contribution is 5.49. The van der Waals surface area contributed by atoms with Crippen LogP contribution in [0.5, 0.6) is 11.6 Å². The largest absolute Gasteiger partial charge is 0.435 e. The molecule has 0 bridgehead atoms. The summed E-state index contributed by atoms with van der Waals surface area (Å²) in [5.74, 6) is -1.32. The maximum absolute atomic E-state index is 13.6. The molecule has 2 rings (SSSR count). The molecule has 4 nitrogen and oxygen atoms in total. The highest BCUT2D eigenvalue weighted by Gasteiger charge is 2.15. The third-order valence-electron chi connectivity index (χ3n) is 2.73. The lowest BCUT2D eigenvalue weighted by Gasteiger charge is -2.13. The van der Waals surface area contributed by atoms with Gasteiger partial charge in [0.05, 0.1) is 5.56 Å². The van der Waals surface area contributed by atoms with Crippen molar-refractivity contribution >= 4 is 5.82 Å². The Hall–Kier alpha value is -2.24. The zero-order valence-electron chi connectivity index (χ0n) is 11.3. The molecule has 1 heterocycles. The molecule has 2 aromatic rings. The van der Waals surface area contributed by atoms with Gasteiger partial charge >= 0.3 is 0 Å². The predicted octanol–water partition coefficient (Wildman–Crippen LogP) is 3.54. The van der Waals surface area contributed by atoms with E-state index in [1.54, 1.807) is 0 Å². The quantitative estimate of drug-likeness (QED) is 0.909. The maximum Gasteiger partial charge on any atom is 0.227 e. The topological polar surface area (TPSA) is 47.0 Å². The van der Waals surface area contributed by atoms with E-state index in [0.29, 0.717) is 18.8 Å². The van der Waals surface area contributed by atoms with Gasteiger partial charge in [0.25, 0.3) is 0 Å². The van der Waals surface area contributed by atoms with Crippen molar-refractivity contribution in [2.24, 2.45) is 0 Å². The van der Waals surface area contributed by atoms with Crippen LogP contribution in [0.15, 0.2) is 24.5 Å². The Balaban J connectivity index is 2.38. The molecule has 1 aromatic carbocycles. The summed E-state index contributed by atoms with van der Waals surface area (Å²) in [5.41, 5.74) is 0.720. The zero-order chi connectivity index (χ0) is 14.5. The van der Waals surface area contributed by atoms with Crippen LogP contribution in [0.1, 0.15) is 19.4 Å². The molecule has 0 spiro atoms. The summed E-state index contributed by atoms with van der Waals surface area (Å²) in [6, 6.07) is 3.77. The highest BCUT2D eigenvalue weighted by atomic mass is 19.2. The minimum absolute atomic E-state index is 0.194. The first-order chi connectivity index (χ1) is 9.67. The first kappa shape index (κ1) is 14.2. The Morgan fingerprint density at radius 1 is 1.20 bits per heavy atom. The molecule has 20 heavy (non-hydrogen) atoms. The van der Waals surface area contributed by atoms with Gasteiger partial charge < -0.3 is 10.1 Å². The second kappa shape index (κ2) is 6.27. The molecule has 0 radical (unpaired) electrons. The van der Waals surface area contributed by atoms with Crippen LogP contribution in [0, 0.1) is 11.6 Å². The second-order valence-corrected chi connectivity index (χ2v) is 4.04. The Morgan fingerprint density at radius 3 is 2.70 bits per heavy atom. The Kier molecular flexibility index (Phi) is 4.45. The molecular formula is C14H15F2N3O. The van der Waals surface area contributed by atoms with Gasteiger partial charge in [-0.2, -0.15) is 4.39 Å². The fraction of sp³-hybridized carbons (Fsp3) is 0.286. The summed E-state index contributed by atoms with van der Waals surface area (Å²) in [7, 11) is 0. The fourth-order valence-electron chi connectivity index (χ4n) is 1.79. The Morgan fingerprint density at radius 2 is 2.00 bits per heavy atom. The third kappa shape index (κ3) is 2.84. The number of hydrogen-bond acceptors (Lipinski definition) is 4. The molecule has 0 amide bonds. The van der Waals surface area contributed by atoms with Gasteiger partial charge in [-0.1, -0.05) is 13.0 Å². The molecule has 0 aliphatic carbocycles. The lowest BCUT2D eigenvalue weighted by molar-refractivity contribution is 0.401. The highest BCUT2D eigenvalue weighted by Crippen LogP contribution is 2.29. The summed E-state index contributed by atoms with van der Waals surface area (Å²) in [4.78, 5) is 8.11. The van der Waals surface area contributed by atoms with E-state index in [1.807, 2.05) is 13.8 Å². The molecular weight excluding hydrogens is 264 g/mol. The van der Waals surface area contributed by atoms with Crippen LogP contribution < -0.4 is 10.1 Å². The molecule has 0 saturated carbocycles. The molecule has 1 N–H and O–H groups in total. The van der Waals surface area contributed by atoms with E-state index in [4.69, 9.17) is 4.74 Å². The van der Waals surface area contributed by atoms with Gasteiger partial charge in [-0.05, 0) is 25.5 Å². The summed E-state index contributed by atoms with van der Waals surface area (Å²) in [6.45, 7) is 4.54. The zero-order valence-corrected chi connectivity index (χ0v) is 11.3. The number of halogens is 2. The van der Waals surface area contributed by atoms with Crippen molar-refractivity contribution in [3.8, 4) is 11.6 Å². The molecule has 0 aliphatic heterocycles. The van der Waals surface area contributed by atoms with Crippen LogP contribution in [-0.2, 0) is 6.42 Å². The summed E-state index contributed by atoms with van der Waals surface area (Å²) in [6.07, 6.45) is 1.93. The van der Waals surface area contributed by atoms with Gasteiger partial charge in [-0.3, -0.25) is 0 Å². The second-order valence-electron chi connectivity index (χ2n) is 4.04. The monoisotopic (exact) mass is 279 g/mol. The van der Waals surface area contributed by atoms with Gasteiger partial charge in [0, 0.05) is 6.54 Å². The predicted molar refractivity (Wildman–Crippen MR) is 72.0 cm³/mol. The smallest absolute Gasteiger partial charge is 0.227 e. The van der Waals surface area contributed by atoms with E-state index in [9.17, 15) is 8.78 Å². The van der Waals surface area contributed by atoms with E-state index in [-0.39, 0.29) is 11.6 Å². The number of hydrogen-bond donors (Lipinski definition) is 1. The van der Waals surface area contributed by atoms with Crippen LogP contribution in [0.25, 0.3) is 0 Å². The third-order valence-corrected chi connectivity index (χ3v) is 2.73.